The Kier molecular flexibility index (Phi) is 5.94. The molecule has 0 saturated carbocycles. The Hall–Kier alpha value is -1.13. The number of benzene rings is 1. The Labute approximate surface area is 101 Å². The molecule has 17 heavy (non-hydrogen) atoms. The minimum atomic E-state index is -0.356. The van der Waals surface area contributed by atoms with Gasteiger partial charge in [-0.05, 0) is 30.2 Å². The summed E-state index contributed by atoms with van der Waals surface area (Å²) in [6.07, 6.45) is 2.04. The largest absolute Gasteiger partial charge is 0.395 e. The van der Waals surface area contributed by atoms with E-state index >= 15 is 0 Å². The van der Waals surface area contributed by atoms with Crippen LogP contribution in [0.4, 0.5) is 10.1 Å². The Morgan fingerprint density at radius 1 is 1.18 bits per heavy atom. The van der Waals surface area contributed by atoms with Crippen LogP contribution in [0.25, 0.3) is 0 Å². The zero-order chi connectivity index (χ0) is 12.7. The fraction of sp³-hybridized carbons (Fsp3) is 0.538. The van der Waals surface area contributed by atoms with E-state index < -0.39 is 0 Å². The summed E-state index contributed by atoms with van der Waals surface area (Å²) in [4.78, 5) is 1.94. The lowest BCUT2D eigenvalue weighted by molar-refractivity contribution is 0.281. The second-order valence-electron chi connectivity index (χ2n) is 4.04. The highest BCUT2D eigenvalue weighted by Crippen LogP contribution is 2.19. The van der Waals surface area contributed by atoms with E-state index in [4.69, 9.17) is 10.2 Å². The van der Waals surface area contributed by atoms with Crippen molar-refractivity contribution in [3.8, 4) is 0 Å². The molecule has 96 valence electrons. The summed E-state index contributed by atoms with van der Waals surface area (Å²) in [7, 11) is 0. The summed E-state index contributed by atoms with van der Waals surface area (Å²) in [5, 5.41) is 18.0. The van der Waals surface area contributed by atoms with Gasteiger partial charge in [0.1, 0.15) is 5.82 Å². The molecule has 0 aromatic heterocycles. The summed E-state index contributed by atoms with van der Waals surface area (Å²) >= 11 is 0. The van der Waals surface area contributed by atoms with E-state index in [1.165, 1.54) is 12.1 Å². The van der Waals surface area contributed by atoms with Gasteiger partial charge in [0.15, 0.2) is 0 Å². The van der Waals surface area contributed by atoms with Gasteiger partial charge in [-0.15, -0.1) is 0 Å². The Balaban J connectivity index is 2.87. The maximum absolute atomic E-state index is 13.3. The van der Waals surface area contributed by atoms with Crippen molar-refractivity contribution in [3.63, 3.8) is 0 Å². The summed E-state index contributed by atoms with van der Waals surface area (Å²) in [5.41, 5.74) is 1.27. The zero-order valence-corrected chi connectivity index (χ0v) is 10.2. The third-order valence-corrected chi connectivity index (χ3v) is 2.64. The highest BCUT2D eigenvalue weighted by atomic mass is 19.1. The first kappa shape index (κ1) is 13.9. The van der Waals surface area contributed by atoms with E-state index in [0.29, 0.717) is 12.1 Å². The fourth-order valence-electron chi connectivity index (χ4n) is 1.75. The lowest BCUT2D eigenvalue weighted by Crippen LogP contribution is -2.27. The first-order valence-corrected chi connectivity index (χ1v) is 5.97. The molecule has 0 unspecified atom stereocenters. The van der Waals surface area contributed by atoms with Crippen LogP contribution in [0, 0.1) is 5.82 Å². The van der Waals surface area contributed by atoms with E-state index in [9.17, 15) is 4.39 Å². The molecule has 0 aliphatic carbocycles. The van der Waals surface area contributed by atoms with Crippen molar-refractivity contribution in [1.29, 1.82) is 0 Å². The van der Waals surface area contributed by atoms with Gasteiger partial charge in [-0.25, -0.2) is 4.39 Å². The maximum atomic E-state index is 13.3. The summed E-state index contributed by atoms with van der Waals surface area (Å²) in [5.74, 6) is -0.356. The monoisotopic (exact) mass is 241 g/mol. The number of rotatable bonds is 7. The third-order valence-electron chi connectivity index (χ3n) is 2.64. The van der Waals surface area contributed by atoms with Gasteiger partial charge in [-0.2, -0.15) is 0 Å². The van der Waals surface area contributed by atoms with Crippen LogP contribution >= 0.6 is 0 Å². The molecule has 0 radical (unpaired) electrons. The number of nitrogens with zero attached hydrogens (tertiary/aromatic N) is 1. The molecule has 0 amide bonds. The Morgan fingerprint density at radius 2 is 1.94 bits per heavy atom. The van der Waals surface area contributed by atoms with E-state index in [-0.39, 0.29) is 19.0 Å². The molecule has 4 heteroatoms. The molecule has 2 N–H and O–H groups in total. The van der Waals surface area contributed by atoms with Crippen molar-refractivity contribution in [3.05, 3.63) is 29.6 Å². The summed E-state index contributed by atoms with van der Waals surface area (Å²) in [6.45, 7) is 3.21. The number of halogens is 1. The van der Waals surface area contributed by atoms with Crippen molar-refractivity contribution in [1.82, 2.24) is 0 Å². The molecule has 0 atom stereocenters. The van der Waals surface area contributed by atoms with Crippen LogP contribution < -0.4 is 4.90 Å². The molecular formula is C13H20FNO2. The van der Waals surface area contributed by atoms with Crippen molar-refractivity contribution in [2.45, 2.75) is 26.4 Å². The molecule has 3 nitrogen and oxygen atoms in total. The number of anilines is 1. The van der Waals surface area contributed by atoms with E-state index in [0.717, 1.165) is 25.1 Å². The predicted molar refractivity (Wildman–Crippen MR) is 66.5 cm³/mol. The molecular weight excluding hydrogens is 221 g/mol. The molecule has 1 rings (SSSR count). The highest BCUT2D eigenvalue weighted by molar-refractivity contribution is 5.49. The van der Waals surface area contributed by atoms with Crippen molar-refractivity contribution < 1.29 is 14.6 Å². The van der Waals surface area contributed by atoms with Gasteiger partial charge < -0.3 is 15.1 Å². The van der Waals surface area contributed by atoms with Crippen molar-refractivity contribution >= 4 is 5.69 Å². The van der Waals surface area contributed by atoms with Crippen LogP contribution in [0.15, 0.2) is 18.2 Å². The molecule has 0 fully saturated rings. The van der Waals surface area contributed by atoms with E-state index in [2.05, 4.69) is 6.92 Å². The highest BCUT2D eigenvalue weighted by Gasteiger charge is 2.08. The lowest BCUT2D eigenvalue weighted by atomic mass is 10.1. The molecule has 1 aromatic carbocycles. The molecule has 1 aromatic rings. The second-order valence-corrected chi connectivity index (χ2v) is 4.04. The van der Waals surface area contributed by atoms with Gasteiger partial charge in [0.25, 0.3) is 0 Å². The molecule has 0 spiro atoms. The fourth-order valence-corrected chi connectivity index (χ4v) is 1.75. The Bertz CT molecular complexity index is 344. The third kappa shape index (κ3) is 4.32. The van der Waals surface area contributed by atoms with Crippen LogP contribution in [0.2, 0.25) is 0 Å². The van der Waals surface area contributed by atoms with Gasteiger partial charge in [0, 0.05) is 18.8 Å². The predicted octanol–water partition coefficient (Wildman–Crippen LogP) is 1.92. The second kappa shape index (κ2) is 7.25. The standard InChI is InChI=1S/C13H20FNO2/c1-2-3-4-15(5-6-16)13-8-11(10-17)7-12(14)9-13/h7-9,16-17H,2-6,10H2,1H3. The van der Waals surface area contributed by atoms with Crippen molar-refractivity contribution in [2.75, 3.05) is 24.6 Å². The van der Waals surface area contributed by atoms with Crippen molar-refractivity contribution in [2.24, 2.45) is 0 Å². The molecule has 0 saturated heterocycles. The smallest absolute Gasteiger partial charge is 0.125 e. The lowest BCUT2D eigenvalue weighted by Gasteiger charge is -2.24. The van der Waals surface area contributed by atoms with Crippen LogP contribution in [0.5, 0.6) is 0 Å². The number of hydrogen-bond acceptors (Lipinski definition) is 3. The van der Waals surface area contributed by atoms with Gasteiger partial charge in [-0.1, -0.05) is 13.3 Å². The van der Waals surface area contributed by atoms with Gasteiger partial charge in [-0.3, -0.25) is 0 Å². The molecule has 0 heterocycles. The van der Waals surface area contributed by atoms with Crippen LogP contribution in [-0.2, 0) is 6.61 Å². The van der Waals surface area contributed by atoms with E-state index in [1.807, 2.05) is 4.90 Å². The average molecular weight is 241 g/mol. The van der Waals surface area contributed by atoms with Gasteiger partial charge in [0.2, 0.25) is 0 Å². The number of unbranched alkanes of at least 4 members (excludes halogenated alkanes) is 1. The quantitative estimate of drug-likeness (QED) is 0.766. The summed E-state index contributed by atoms with van der Waals surface area (Å²) in [6, 6.07) is 4.51. The molecule has 0 aliphatic rings. The Morgan fingerprint density at radius 3 is 2.53 bits per heavy atom. The SMILES string of the molecule is CCCCN(CCO)c1cc(F)cc(CO)c1. The zero-order valence-electron chi connectivity index (χ0n) is 10.2. The maximum Gasteiger partial charge on any atom is 0.125 e. The number of aliphatic hydroxyl groups excluding tert-OH is 2. The van der Waals surface area contributed by atoms with Gasteiger partial charge in [0.05, 0.1) is 13.2 Å². The van der Waals surface area contributed by atoms with Gasteiger partial charge >= 0.3 is 0 Å². The summed E-state index contributed by atoms with van der Waals surface area (Å²) < 4.78 is 13.3. The average Bonchev–Trinajstić information content (AvgIpc) is 2.33. The number of hydrogen-bond donors (Lipinski definition) is 2. The normalized spacial score (nSPS) is 10.6. The first-order valence-electron chi connectivity index (χ1n) is 5.97. The van der Waals surface area contributed by atoms with E-state index in [1.54, 1.807) is 6.07 Å². The molecule has 0 aliphatic heterocycles. The van der Waals surface area contributed by atoms with Crippen LogP contribution in [-0.4, -0.2) is 29.9 Å². The van der Waals surface area contributed by atoms with Crippen LogP contribution in [0.1, 0.15) is 25.3 Å². The first-order chi connectivity index (χ1) is 8.21. The number of aliphatic hydroxyl groups is 2. The minimum absolute atomic E-state index is 0.0364. The topological polar surface area (TPSA) is 43.7 Å². The molecule has 0 bridgehead atoms. The van der Waals surface area contributed by atoms with Crippen LogP contribution in [0.3, 0.4) is 0 Å². The minimum Gasteiger partial charge on any atom is -0.395 e.